The lowest BCUT2D eigenvalue weighted by Crippen LogP contribution is -2.34. The van der Waals surface area contributed by atoms with Gasteiger partial charge in [-0.05, 0) is 23.8 Å². The molecule has 0 saturated heterocycles. The van der Waals surface area contributed by atoms with E-state index in [9.17, 15) is 13.6 Å². The molecule has 1 unspecified atom stereocenters. The third-order valence-electron chi connectivity index (χ3n) is 3.53. The fourth-order valence-corrected chi connectivity index (χ4v) is 2.52. The number of rotatable bonds is 3. The number of hydrogen-bond donors (Lipinski definition) is 1. The Hall–Kier alpha value is -2.94. The average Bonchev–Trinajstić information content (AvgIpc) is 2.77. The zero-order valence-corrected chi connectivity index (χ0v) is 11.4. The van der Waals surface area contributed by atoms with Crippen LogP contribution >= 0.6 is 0 Å². The number of nitriles is 1. The van der Waals surface area contributed by atoms with E-state index in [4.69, 9.17) is 5.26 Å². The van der Waals surface area contributed by atoms with Gasteiger partial charge in [-0.3, -0.25) is 10.2 Å². The average molecular weight is 299 g/mol. The Kier molecular flexibility index (Phi) is 3.47. The Morgan fingerprint density at radius 1 is 1.23 bits per heavy atom. The minimum Gasteiger partial charge on any atom is -0.292 e. The number of carbonyl (C=O) groups excluding carboxylic acids is 1. The maximum atomic E-state index is 13.8. The van der Waals surface area contributed by atoms with E-state index in [2.05, 4.69) is 5.43 Å². The normalized spacial score (nSPS) is 16.3. The molecule has 2 aromatic rings. The molecular weight excluding hydrogens is 288 g/mol. The van der Waals surface area contributed by atoms with E-state index in [1.807, 2.05) is 6.07 Å². The molecule has 1 N–H and O–H groups in total. The molecule has 1 aliphatic heterocycles. The number of anilines is 1. The SMILES string of the molecule is N#CCC1c2ccccc2C(=O)N1Nc1cc(F)ccc1F. The van der Waals surface area contributed by atoms with Crippen LogP contribution in [0.1, 0.15) is 28.4 Å². The molecule has 1 heterocycles. The number of fused-ring (bicyclic) bond motifs is 1. The van der Waals surface area contributed by atoms with Crippen molar-refractivity contribution in [3.8, 4) is 6.07 Å². The minimum atomic E-state index is -0.680. The fourth-order valence-electron chi connectivity index (χ4n) is 2.52. The summed E-state index contributed by atoms with van der Waals surface area (Å²) in [6.07, 6.45) is 0.0483. The maximum Gasteiger partial charge on any atom is 0.273 e. The van der Waals surface area contributed by atoms with Gasteiger partial charge in [-0.1, -0.05) is 18.2 Å². The van der Waals surface area contributed by atoms with Crippen molar-refractivity contribution in [1.82, 2.24) is 5.01 Å². The number of benzene rings is 2. The smallest absolute Gasteiger partial charge is 0.273 e. The van der Waals surface area contributed by atoms with Crippen LogP contribution in [0.3, 0.4) is 0 Å². The fraction of sp³-hybridized carbons (Fsp3) is 0.125. The predicted octanol–water partition coefficient (Wildman–Crippen LogP) is 3.40. The van der Waals surface area contributed by atoms with Crippen LogP contribution in [0, 0.1) is 23.0 Å². The monoisotopic (exact) mass is 299 g/mol. The molecule has 1 amide bonds. The summed E-state index contributed by atoms with van der Waals surface area (Å²) < 4.78 is 27.0. The predicted molar refractivity (Wildman–Crippen MR) is 75.6 cm³/mol. The summed E-state index contributed by atoms with van der Waals surface area (Å²) in [5.41, 5.74) is 3.59. The highest BCUT2D eigenvalue weighted by Crippen LogP contribution is 2.36. The van der Waals surface area contributed by atoms with E-state index in [0.717, 1.165) is 18.2 Å². The van der Waals surface area contributed by atoms with Crippen LogP contribution in [-0.2, 0) is 0 Å². The number of amides is 1. The molecule has 4 nitrogen and oxygen atoms in total. The van der Waals surface area contributed by atoms with Gasteiger partial charge in [0.25, 0.3) is 5.91 Å². The summed E-state index contributed by atoms with van der Waals surface area (Å²) in [5, 5.41) is 10.1. The van der Waals surface area contributed by atoms with Gasteiger partial charge in [-0.15, -0.1) is 0 Å². The number of halogens is 2. The van der Waals surface area contributed by atoms with Crippen molar-refractivity contribution in [3.05, 3.63) is 65.2 Å². The lowest BCUT2D eigenvalue weighted by Gasteiger charge is -2.25. The quantitative estimate of drug-likeness (QED) is 0.945. The van der Waals surface area contributed by atoms with Crippen LogP contribution in [0.25, 0.3) is 0 Å². The molecule has 1 atom stereocenters. The van der Waals surface area contributed by atoms with Crippen LogP contribution in [0.5, 0.6) is 0 Å². The molecule has 0 aliphatic carbocycles. The summed E-state index contributed by atoms with van der Waals surface area (Å²) in [7, 11) is 0. The summed E-state index contributed by atoms with van der Waals surface area (Å²) in [6.45, 7) is 0. The molecule has 3 rings (SSSR count). The van der Waals surface area contributed by atoms with Crippen LogP contribution < -0.4 is 5.43 Å². The third kappa shape index (κ3) is 2.27. The van der Waals surface area contributed by atoms with Crippen LogP contribution in [0.4, 0.5) is 14.5 Å². The molecule has 2 aromatic carbocycles. The first-order valence-electron chi connectivity index (χ1n) is 6.63. The van der Waals surface area contributed by atoms with E-state index >= 15 is 0 Å². The van der Waals surface area contributed by atoms with Gasteiger partial charge in [0.05, 0.1) is 24.2 Å². The van der Waals surface area contributed by atoms with Crippen molar-refractivity contribution < 1.29 is 13.6 Å². The second kappa shape index (κ2) is 5.45. The van der Waals surface area contributed by atoms with Crippen molar-refractivity contribution >= 4 is 11.6 Å². The highest BCUT2D eigenvalue weighted by Gasteiger charge is 2.37. The van der Waals surface area contributed by atoms with E-state index in [1.54, 1.807) is 24.3 Å². The van der Waals surface area contributed by atoms with E-state index in [0.29, 0.717) is 11.1 Å². The molecule has 22 heavy (non-hydrogen) atoms. The lowest BCUT2D eigenvalue weighted by molar-refractivity contribution is 0.0773. The standard InChI is InChI=1S/C16H11F2N3O/c17-10-5-6-13(18)14(9-10)20-21-15(7-8-19)11-3-1-2-4-12(11)16(21)22/h1-6,9,15,20H,7H2. The molecule has 110 valence electrons. The summed E-state index contributed by atoms with van der Waals surface area (Å²) >= 11 is 0. The number of hydrazine groups is 1. The van der Waals surface area contributed by atoms with Gasteiger partial charge in [0.2, 0.25) is 0 Å². The van der Waals surface area contributed by atoms with Crippen LogP contribution in [0.15, 0.2) is 42.5 Å². The zero-order chi connectivity index (χ0) is 15.7. The van der Waals surface area contributed by atoms with E-state index in [1.165, 1.54) is 5.01 Å². The topological polar surface area (TPSA) is 56.1 Å². The Labute approximate surface area is 125 Å². The molecule has 6 heteroatoms. The first-order valence-corrected chi connectivity index (χ1v) is 6.63. The summed E-state index contributed by atoms with van der Waals surface area (Å²) in [4.78, 5) is 12.4. The summed E-state index contributed by atoms with van der Waals surface area (Å²) in [6, 6.07) is 11.3. The van der Waals surface area contributed by atoms with Gasteiger partial charge in [-0.25, -0.2) is 13.8 Å². The largest absolute Gasteiger partial charge is 0.292 e. The van der Waals surface area contributed by atoms with Gasteiger partial charge in [0.1, 0.15) is 11.6 Å². The van der Waals surface area contributed by atoms with Crippen molar-refractivity contribution in [2.75, 3.05) is 5.43 Å². The highest BCUT2D eigenvalue weighted by atomic mass is 19.1. The summed E-state index contributed by atoms with van der Waals surface area (Å²) in [5.74, 6) is -1.68. The molecule has 0 bridgehead atoms. The molecule has 0 saturated carbocycles. The third-order valence-corrected chi connectivity index (χ3v) is 3.53. The molecule has 0 radical (unpaired) electrons. The Bertz CT molecular complexity index is 785. The molecule has 1 aliphatic rings. The number of nitrogens with one attached hydrogen (secondary N) is 1. The van der Waals surface area contributed by atoms with Crippen molar-refractivity contribution in [2.24, 2.45) is 0 Å². The maximum absolute atomic E-state index is 13.8. The van der Waals surface area contributed by atoms with Gasteiger partial charge >= 0.3 is 0 Å². The first-order chi connectivity index (χ1) is 10.6. The second-order valence-corrected chi connectivity index (χ2v) is 4.88. The molecule has 0 spiro atoms. The molecule has 0 aromatic heterocycles. The van der Waals surface area contributed by atoms with Crippen molar-refractivity contribution in [1.29, 1.82) is 5.26 Å². The highest BCUT2D eigenvalue weighted by molar-refractivity contribution is 5.99. The second-order valence-electron chi connectivity index (χ2n) is 4.88. The Balaban J connectivity index is 1.98. The number of nitrogens with zero attached hydrogens (tertiary/aromatic N) is 2. The lowest BCUT2D eigenvalue weighted by atomic mass is 10.0. The van der Waals surface area contributed by atoms with Crippen LogP contribution in [0.2, 0.25) is 0 Å². The Morgan fingerprint density at radius 3 is 2.77 bits per heavy atom. The van der Waals surface area contributed by atoms with Gasteiger partial charge in [0.15, 0.2) is 0 Å². The molecular formula is C16H11F2N3O. The minimum absolute atomic E-state index is 0.0483. The van der Waals surface area contributed by atoms with E-state index in [-0.39, 0.29) is 18.0 Å². The van der Waals surface area contributed by atoms with Crippen molar-refractivity contribution in [2.45, 2.75) is 12.5 Å². The van der Waals surface area contributed by atoms with Gasteiger partial charge in [-0.2, -0.15) is 5.26 Å². The van der Waals surface area contributed by atoms with Crippen LogP contribution in [-0.4, -0.2) is 10.9 Å². The zero-order valence-electron chi connectivity index (χ0n) is 11.4. The number of hydrogen-bond acceptors (Lipinski definition) is 3. The van der Waals surface area contributed by atoms with Gasteiger partial charge in [0, 0.05) is 11.6 Å². The molecule has 0 fully saturated rings. The van der Waals surface area contributed by atoms with E-state index < -0.39 is 17.7 Å². The van der Waals surface area contributed by atoms with Crippen molar-refractivity contribution in [3.63, 3.8) is 0 Å². The Morgan fingerprint density at radius 2 is 2.00 bits per heavy atom. The van der Waals surface area contributed by atoms with Gasteiger partial charge < -0.3 is 0 Å². The number of carbonyl (C=O) groups is 1. The first kappa shape index (κ1) is 14.0.